The van der Waals surface area contributed by atoms with Gasteiger partial charge in [0.05, 0.1) is 10.2 Å². The normalized spacial score (nSPS) is 11.0. The summed E-state index contributed by atoms with van der Waals surface area (Å²) in [6.07, 6.45) is 0. The van der Waals surface area contributed by atoms with Crippen molar-refractivity contribution in [3.8, 4) is 0 Å². The lowest BCUT2D eigenvalue weighted by atomic mass is 10.2. The highest BCUT2D eigenvalue weighted by Gasteiger charge is 2.12. The van der Waals surface area contributed by atoms with Gasteiger partial charge in [-0.15, -0.1) is 0 Å². The minimum absolute atomic E-state index is 0.170. The molecule has 0 unspecified atom stereocenters. The highest BCUT2D eigenvalue weighted by molar-refractivity contribution is 9.13. The smallest absolute Gasteiger partial charge is 0.152 e. The molecule has 78 valence electrons. The van der Waals surface area contributed by atoms with E-state index in [1.807, 2.05) is 0 Å². The Morgan fingerprint density at radius 2 is 1.80 bits per heavy atom. The standard InChI is InChI=1S/C10H5Br2F2N/c1-4-8(11)9(12)6-2-5(13)3-7(14)10(6)15-4/h2-3H,1H3. The Bertz CT molecular complexity index is 555. The van der Waals surface area contributed by atoms with Crippen molar-refractivity contribution in [1.82, 2.24) is 4.98 Å². The molecule has 0 aliphatic rings. The zero-order chi connectivity index (χ0) is 11.2. The van der Waals surface area contributed by atoms with Crippen molar-refractivity contribution in [2.24, 2.45) is 0 Å². The van der Waals surface area contributed by atoms with E-state index >= 15 is 0 Å². The molecule has 1 nitrogen and oxygen atoms in total. The van der Waals surface area contributed by atoms with E-state index in [1.165, 1.54) is 6.07 Å². The first-order valence-electron chi connectivity index (χ1n) is 4.11. The Kier molecular flexibility index (Phi) is 2.77. The molecule has 0 aliphatic heterocycles. The van der Waals surface area contributed by atoms with Crippen molar-refractivity contribution >= 4 is 42.8 Å². The van der Waals surface area contributed by atoms with Gasteiger partial charge in [0.1, 0.15) is 11.3 Å². The molecule has 0 spiro atoms. The molecule has 1 heterocycles. The highest BCUT2D eigenvalue weighted by Crippen LogP contribution is 2.33. The zero-order valence-corrected chi connectivity index (χ0v) is 10.8. The number of nitrogens with zero attached hydrogens (tertiary/aromatic N) is 1. The number of fused-ring (bicyclic) bond motifs is 1. The van der Waals surface area contributed by atoms with Crippen LogP contribution in [0, 0.1) is 18.6 Å². The Labute approximate surface area is 102 Å². The maximum Gasteiger partial charge on any atom is 0.152 e. The SMILES string of the molecule is Cc1nc2c(F)cc(F)cc2c(Br)c1Br. The van der Waals surface area contributed by atoms with E-state index < -0.39 is 11.6 Å². The number of hydrogen-bond acceptors (Lipinski definition) is 1. The summed E-state index contributed by atoms with van der Waals surface area (Å²) in [6, 6.07) is 2.08. The van der Waals surface area contributed by atoms with Crippen LogP contribution in [0.15, 0.2) is 21.1 Å². The average molecular weight is 337 g/mol. The van der Waals surface area contributed by atoms with Crippen LogP contribution in [-0.2, 0) is 0 Å². The van der Waals surface area contributed by atoms with Gasteiger partial charge in [0, 0.05) is 15.9 Å². The molecule has 0 bridgehead atoms. The van der Waals surface area contributed by atoms with E-state index in [9.17, 15) is 8.78 Å². The van der Waals surface area contributed by atoms with Crippen molar-refractivity contribution in [2.75, 3.05) is 0 Å². The molecule has 0 aliphatic carbocycles. The van der Waals surface area contributed by atoms with E-state index in [1.54, 1.807) is 6.92 Å². The number of aromatic nitrogens is 1. The van der Waals surface area contributed by atoms with Gasteiger partial charge < -0.3 is 0 Å². The van der Waals surface area contributed by atoms with Crippen LogP contribution >= 0.6 is 31.9 Å². The van der Waals surface area contributed by atoms with Crippen molar-refractivity contribution in [3.63, 3.8) is 0 Å². The Hall–Kier alpha value is -0.550. The maximum atomic E-state index is 13.4. The van der Waals surface area contributed by atoms with Crippen LogP contribution in [0.2, 0.25) is 0 Å². The van der Waals surface area contributed by atoms with Gasteiger partial charge in [0.15, 0.2) is 5.82 Å². The molecule has 5 heteroatoms. The summed E-state index contributed by atoms with van der Waals surface area (Å²) in [5.41, 5.74) is 0.823. The van der Waals surface area contributed by atoms with Crippen LogP contribution in [0.3, 0.4) is 0 Å². The van der Waals surface area contributed by atoms with E-state index in [2.05, 4.69) is 36.8 Å². The first-order chi connectivity index (χ1) is 7.00. The van der Waals surface area contributed by atoms with Crippen LogP contribution in [0.4, 0.5) is 8.78 Å². The molecule has 0 fully saturated rings. The van der Waals surface area contributed by atoms with Gasteiger partial charge in [-0.3, -0.25) is 0 Å². The minimum Gasteiger partial charge on any atom is -0.249 e. The molecular weight excluding hydrogens is 332 g/mol. The van der Waals surface area contributed by atoms with Gasteiger partial charge in [-0.2, -0.15) is 0 Å². The summed E-state index contributed by atoms with van der Waals surface area (Å²) in [5.74, 6) is -1.26. The third kappa shape index (κ3) is 1.78. The second kappa shape index (κ2) is 3.79. The fourth-order valence-corrected chi connectivity index (χ4v) is 2.23. The summed E-state index contributed by atoms with van der Waals surface area (Å²) < 4.78 is 27.7. The van der Waals surface area contributed by atoms with Crippen LogP contribution < -0.4 is 0 Å². The summed E-state index contributed by atoms with van der Waals surface area (Å²) in [6.45, 7) is 1.75. The largest absolute Gasteiger partial charge is 0.249 e. The molecule has 2 aromatic rings. The third-order valence-corrected chi connectivity index (χ3v) is 4.38. The molecule has 2 rings (SSSR count). The predicted octanol–water partition coefficient (Wildman–Crippen LogP) is 4.35. The second-order valence-electron chi connectivity index (χ2n) is 3.11. The fraction of sp³-hybridized carbons (Fsp3) is 0.100. The Balaban J connectivity index is 2.98. The molecule has 1 aromatic heterocycles. The van der Waals surface area contributed by atoms with E-state index in [0.29, 0.717) is 20.0 Å². The number of halogens is 4. The van der Waals surface area contributed by atoms with Gasteiger partial charge in [0.25, 0.3) is 0 Å². The van der Waals surface area contributed by atoms with Gasteiger partial charge in [-0.05, 0) is 44.8 Å². The molecule has 0 amide bonds. The molecule has 0 saturated carbocycles. The first-order valence-corrected chi connectivity index (χ1v) is 5.69. The molecule has 0 saturated heterocycles. The maximum absolute atomic E-state index is 13.4. The summed E-state index contributed by atoms with van der Waals surface area (Å²) in [7, 11) is 0. The summed E-state index contributed by atoms with van der Waals surface area (Å²) in [4.78, 5) is 4.06. The quantitative estimate of drug-likeness (QED) is 0.697. The van der Waals surface area contributed by atoms with E-state index in [0.717, 1.165) is 6.07 Å². The number of benzene rings is 1. The number of pyridine rings is 1. The van der Waals surface area contributed by atoms with Gasteiger partial charge in [-0.25, -0.2) is 13.8 Å². The molecule has 0 radical (unpaired) electrons. The Morgan fingerprint density at radius 3 is 2.47 bits per heavy atom. The van der Waals surface area contributed by atoms with Crippen LogP contribution in [0.25, 0.3) is 10.9 Å². The first kappa shape index (κ1) is 11.0. The van der Waals surface area contributed by atoms with Gasteiger partial charge >= 0.3 is 0 Å². The van der Waals surface area contributed by atoms with Crippen LogP contribution in [-0.4, -0.2) is 4.98 Å². The van der Waals surface area contributed by atoms with Crippen LogP contribution in [0.5, 0.6) is 0 Å². The van der Waals surface area contributed by atoms with Crippen molar-refractivity contribution in [2.45, 2.75) is 6.92 Å². The molecular formula is C10H5Br2F2N. The van der Waals surface area contributed by atoms with E-state index in [4.69, 9.17) is 0 Å². The lowest BCUT2D eigenvalue weighted by Gasteiger charge is -2.06. The lowest BCUT2D eigenvalue weighted by Crippen LogP contribution is -1.92. The van der Waals surface area contributed by atoms with Gasteiger partial charge in [-0.1, -0.05) is 0 Å². The topological polar surface area (TPSA) is 12.9 Å². The van der Waals surface area contributed by atoms with Crippen molar-refractivity contribution in [3.05, 3.63) is 38.4 Å². The predicted molar refractivity (Wildman–Crippen MR) is 61.8 cm³/mol. The average Bonchev–Trinajstić information content (AvgIpc) is 2.17. The molecule has 0 N–H and O–H groups in total. The van der Waals surface area contributed by atoms with Crippen molar-refractivity contribution < 1.29 is 8.78 Å². The van der Waals surface area contributed by atoms with Crippen LogP contribution in [0.1, 0.15) is 5.69 Å². The fourth-order valence-electron chi connectivity index (χ4n) is 1.34. The summed E-state index contributed by atoms with van der Waals surface area (Å²) in [5, 5.41) is 0.421. The van der Waals surface area contributed by atoms with Crippen molar-refractivity contribution in [1.29, 1.82) is 0 Å². The monoisotopic (exact) mass is 335 g/mol. The molecule has 15 heavy (non-hydrogen) atoms. The minimum atomic E-state index is -0.652. The molecule has 1 aromatic carbocycles. The Morgan fingerprint density at radius 1 is 1.13 bits per heavy atom. The molecule has 0 atom stereocenters. The zero-order valence-electron chi connectivity index (χ0n) is 7.61. The van der Waals surface area contributed by atoms with Gasteiger partial charge in [0.2, 0.25) is 0 Å². The number of aryl methyl sites for hydroxylation is 1. The number of hydrogen-bond donors (Lipinski definition) is 0. The highest BCUT2D eigenvalue weighted by atomic mass is 79.9. The van der Waals surface area contributed by atoms with E-state index in [-0.39, 0.29) is 5.52 Å². The summed E-state index contributed by atoms with van der Waals surface area (Å²) >= 11 is 6.57. The second-order valence-corrected chi connectivity index (χ2v) is 4.69. The number of rotatable bonds is 0. The third-order valence-electron chi connectivity index (χ3n) is 2.05. The lowest BCUT2D eigenvalue weighted by molar-refractivity contribution is 0.590.